The van der Waals surface area contributed by atoms with Gasteiger partial charge in [0, 0.05) is 11.3 Å². The maximum Gasteiger partial charge on any atom is 0.187 e. The third-order valence-electron chi connectivity index (χ3n) is 6.77. The fourth-order valence-corrected chi connectivity index (χ4v) is 5.86. The van der Waals surface area contributed by atoms with Crippen molar-refractivity contribution in [3.05, 3.63) is 71.8 Å². The van der Waals surface area contributed by atoms with Crippen LogP contribution in [0.1, 0.15) is 17.4 Å². The topological polar surface area (TPSA) is 147 Å². The molecule has 3 saturated heterocycles. The zero-order valence-corrected chi connectivity index (χ0v) is 20.7. The van der Waals surface area contributed by atoms with Crippen LogP contribution in [0, 0.1) is 0 Å². The van der Waals surface area contributed by atoms with Crippen LogP contribution in [0.4, 0.5) is 0 Å². The van der Waals surface area contributed by atoms with Crippen molar-refractivity contribution in [2.45, 2.75) is 72.6 Å². The van der Waals surface area contributed by atoms with E-state index in [-0.39, 0.29) is 6.61 Å². The van der Waals surface area contributed by atoms with Crippen molar-refractivity contribution in [3.8, 4) is 0 Å². The number of hydrogen-bond acceptors (Lipinski definition) is 11. The summed E-state index contributed by atoms with van der Waals surface area (Å²) in [5.41, 5.74) is 0.975. The molecule has 2 aromatic rings. The summed E-state index contributed by atoms with van der Waals surface area (Å²) >= 11 is 1.29. The molecular formula is C26H32O10S. The summed E-state index contributed by atoms with van der Waals surface area (Å²) in [6.45, 7) is -0.429. The van der Waals surface area contributed by atoms with Crippen molar-refractivity contribution in [1.82, 2.24) is 0 Å². The Balaban J connectivity index is 1.21. The average molecular weight is 537 g/mol. The SMILES string of the molecule is OCC1OC(SCc2ccccc2)C(O)C(O)C1OC1OC2COC(c3ccccc3)OC2C(O)C1O. The summed E-state index contributed by atoms with van der Waals surface area (Å²) in [7, 11) is 0. The quantitative estimate of drug-likeness (QED) is 0.333. The second kappa shape index (κ2) is 12.1. The molecule has 11 atom stereocenters. The fourth-order valence-electron chi connectivity index (χ4n) is 4.74. The minimum absolute atomic E-state index is 0.0713. The van der Waals surface area contributed by atoms with Gasteiger partial charge in [-0.15, -0.1) is 11.8 Å². The minimum Gasteiger partial charge on any atom is -0.394 e. The summed E-state index contributed by atoms with van der Waals surface area (Å²) in [6, 6.07) is 18.8. The van der Waals surface area contributed by atoms with Gasteiger partial charge < -0.3 is 49.2 Å². The highest BCUT2D eigenvalue weighted by atomic mass is 32.2. The highest BCUT2D eigenvalue weighted by Gasteiger charge is 2.52. The van der Waals surface area contributed by atoms with Crippen molar-refractivity contribution in [3.63, 3.8) is 0 Å². The van der Waals surface area contributed by atoms with Crippen LogP contribution in [0.15, 0.2) is 60.7 Å². The lowest BCUT2D eigenvalue weighted by Crippen LogP contribution is -2.65. The fraction of sp³-hybridized carbons (Fsp3) is 0.538. The van der Waals surface area contributed by atoms with Gasteiger partial charge >= 0.3 is 0 Å². The maximum absolute atomic E-state index is 10.9. The van der Waals surface area contributed by atoms with Gasteiger partial charge in [0.15, 0.2) is 12.6 Å². The molecular weight excluding hydrogens is 504 g/mol. The van der Waals surface area contributed by atoms with Crippen molar-refractivity contribution in [1.29, 1.82) is 0 Å². The van der Waals surface area contributed by atoms with Crippen molar-refractivity contribution >= 4 is 11.8 Å². The lowest BCUT2D eigenvalue weighted by Gasteiger charge is -2.48. The first-order chi connectivity index (χ1) is 18.0. The molecule has 5 N–H and O–H groups in total. The van der Waals surface area contributed by atoms with Crippen LogP contribution in [0.5, 0.6) is 0 Å². The van der Waals surface area contributed by atoms with Crippen LogP contribution in [-0.2, 0) is 29.4 Å². The maximum atomic E-state index is 10.9. The standard InChI is InChI=1S/C26H32O10S/c27-11-16-22(19(29)21(31)26(34-16)37-13-14-7-3-1-4-8-14)36-25-20(30)18(28)23-17(33-25)12-32-24(35-23)15-9-5-2-6-10-15/h1-10,16-31H,11-13H2. The number of thioether (sulfide) groups is 1. The number of aliphatic hydroxyl groups excluding tert-OH is 5. The molecule has 0 saturated carbocycles. The molecule has 37 heavy (non-hydrogen) atoms. The molecule has 0 aliphatic carbocycles. The van der Waals surface area contributed by atoms with Gasteiger partial charge in [0.1, 0.15) is 54.3 Å². The van der Waals surface area contributed by atoms with Crippen LogP contribution >= 0.6 is 11.8 Å². The first-order valence-corrected chi connectivity index (χ1v) is 13.3. The van der Waals surface area contributed by atoms with Gasteiger partial charge in [-0.25, -0.2) is 0 Å². The van der Waals surface area contributed by atoms with E-state index in [2.05, 4.69) is 0 Å². The smallest absolute Gasteiger partial charge is 0.187 e. The first kappa shape index (κ1) is 27.0. The largest absolute Gasteiger partial charge is 0.394 e. The van der Waals surface area contributed by atoms with Gasteiger partial charge in [0.25, 0.3) is 0 Å². The Morgan fingerprint density at radius 1 is 0.811 bits per heavy atom. The van der Waals surface area contributed by atoms with Crippen molar-refractivity contribution < 1.29 is 49.2 Å². The van der Waals surface area contributed by atoms with E-state index in [4.69, 9.17) is 23.7 Å². The van der Waals surface area contributed by atoms with Crippen LogP contribution < -0.4 is 0 Å². The van der Waals surface area contributed by atoms with Gasteiger partial charge in [-0.05, 0) is 5.56 Å². The monoisotopic (exact) mass is 536 g/mol. The number of ether oxygens (including phenoxy) is 5. The molecule has 11 unspecified atom stereocenters. The van der Waals surface area contributed by atoms with Crippen LogP contribution in [0.2, 0.25) is 0 Å². The van der Waals surface area contributed by atoms with Gasteiger partial charge in [0.05, 0.1) is 13.2 Å². The average Bonchev–Trinajstić information content (AvgIpc) is 2.94. The molecule has 3 aliphatic heterocycles. The van der Waals surface area contributed by atoms with Gasteiger partial charge in [-0.1, -0.05) is 60.7 Å². The summed E-state index contributed by atoms with van der Waals surface area (Å²) < 4.78 is 29.2. The van der Waals surface area contributed by atoms with Gasteiger partial charge in [-0.2, -0.15) is 0 Å². The highest BCUT2D eigenvalue weighted by Crippen LogP contribution is 2.37. The van der Waals surface area contributed by atoms with E-state index in [1.807, 2.05) is 60.7 Å². The van der Waals surface area contributed by atoms with E-state index < -0.39 is 73.5 Å². The molecule has 3 aliphatic rings. The third kappa shape index (κ3) is 5.87. The lowest BCUT2D eigenvalue weighted by molar-refractivity contribution is -0.377. The molecule has 0 spiro atoms. The molecule has 0 aromatic heterocycles. The Bertz CT molecular complexity index is 980. The van der Waals surface area contributed by atoms with E-state index in [9.17, 15) is 25.5 Å². The van der Waals surface area contributed by atoms with E-state index in [1.165, 1.54) is 11.8 Å². The Morgan fingerprint density at radius 3 is 2.22 bits per heavy atom. The summed E-state index contributed by atoms with van der Waals surface area (Å²) in [6.07, 6.45) is -11.6. The van der Waals surface area contributed by atoms with E-state index in [0.717, 1.165) is 11.1 Å². The summed E-state index contributed by atoms with van der Waals surface area (Å²) in [5, 5.41) is 53.1. The number of hydrogen-bond donors (Lipinski definition) is 5. The summed E-state index contributed by atoms with van der Waals surface area (Å²) in [4.78, 5) is 0. The zero-order valence-electron chi connectivity index (χ0n) is 19.9. The molecule has 0 bridgehead atoms. The molecule has 3 fully saturated rings. The van der Waals surface area contributed by atoms with Crippen molar-refractivity contribution in [2.24, 2.45) is 0 Å². The second-order valence-corrected chi connectivity index (χ2v) is 10.4. The Labute approximate surface area is 218 Å². The molecule has 0 amide bonds. The highest BCUT2D eigenvalue weighted by molar-refractivity contribution is 7.99. The molecule has 2 aromatic carbocycles. The van der Waals surface area contributed by atoms with Gasteiger partial charge in [-0.3, -0.25) is 0 Å². The van der Waals surface area contributed by atoms with Crippen LogP contribution in [0.25, 0.3) is 0 Å². The molecule has 5 rings (SSSR count). The number of rotatable bonds is 7. The normalized spacial score (nSPS) is 40.2. The van der Waals surface area contributed by atoms with E-state index in [1.54, 1.807) is 0 Å². The van der Waals surface area contributed by atoms with Crippen molar-refractivity contribution in [2.75, 3.05) is 13.2 Å². The second-order valence-electron chi connectivity index (χ2n) is 9.30. The number of aliphatic hydroxyl groups is 5. The third-order valence-corrected chi connectivity index (χ3v) is 7.99. The van der Waals surface area contributed by atoms with Crippen LogP contribution in [0.3, 0.4) is 0 Å². The molecule has 3 heterocycles. The van der Waals surface area contributed by atoms with Crippen LogP contribution in [-0.4, -0.2) is 99.3 Å². The zero-order chi connectivity index (χ0) is 25.9. The first-order valence-electron chi connectivity index (χ1n) is 12.2. The summed E-state index contributed by atoms with van der Waals surface area (Å²) in [5.74, 6) is 0.530. The Morgan fingerprint density at radius 2 is 1.51 bits per heavy atom. The predicted molar refractivity (Wildman–Crippen MR) is 131 cm³/mol. The molecule has 10 nitrogen and oxygen atoms in total. The Kier molecular flexibility index (Phi) is 8.79. The van der Waals surface area contributed by atoms with Gasteiger partial charge in [0.2, 0.25) is 0 Å². The molecule has 202 valence electrons. The Hall–Kier alpha value is -1.61. The lowest BCUT2D eigenvalue weighted by atomic mass is 9.96. The molecule has 0 radical (unpaired) electrons. The predicted octanol–water partition coefficient (Wildman–Crippen LogP) is 0.305. The minimum atomic E-state index is -1.52. The number of fused-ring (bicyclic) bond motifs is 1. The van der Waals surface area contributed by atoms with E-state index in [0.29, 0.717) is 5.75 Å². The molecule has 11 heteroatoms. The van der Waals surface area contributed by atoms with E-state index >= 15 is 0 Å². The number of benzene rings is 2.